The maximum atomic E-state index is 12.4. The van der Waals surface area contributed by atoms with E-state index in [0.717, 1.165) is 16.3 Å². The Hall–Kier alpha value is -3.35. The summed E-state index contributed by atoms with van der Waals surface area (Å²) in [6.07, 6.45) is -4.95. The van der Waals surface area contributed by atoms with E-state index in [-0.39, 0.29) is 11.3 Å². The van der Waals surface area contributed by atoms with Gasteiger partial charge in [-0.05, 0) is 35.0 Å². The first-order valence-electron chi connectivity index (χ1n) is 7.68. The SMILES string of the molecule is O=C(Nc1ccc2nc(-c3ccc4ccccc4c3)oc2c1)C(F)(F)F. The van der Waals surface area contributed by atoms with E-state index in [0.29, 0.717) is 11.4 Å². The van der Waals surface area contributed by atoms with Crippen molar-refractivity contribution in [2.75, 3.05) is 5.32 Å². The van der Waals surface area contributed by atoms with Crippen LogP contribution in [0.15, 0.2) is 65.1 Å². The summed E-state index contributed by atoms with van der Waals surface area (Å²) in [5.74, 6) is -1.68. The molecule has 1 aromatic heterocycles. The summed E-state index contributed by atoms with van der Waals surface area (Å²) >= 11 is 0. The molecule has 0 aliphatic carbocycles. The molecule has 0 aliphatic heterocycles. The van der Waals surface area contributed by atoms with Gasteiger partial charge < -0.3 is 9.73 Å². The zero-order valence-electron chi connectivity index (χ0n) is 13.2. The lowest BCUT2D eigenvalue weighted by atomic mass is 10.1. The molecule has 0 saturated heterocycles. The maximum Gasteiger partial charge on any atom is 0.471 e. The molecule has 0 fully saturated rings. The first-order valence-corrected chi connectivity index (χ1v) is 7.68. The summed E-state index contributed by atoms with van der Waals surface area (Å²) in [5, 5.41) is 3.89. The van der Waals surface area contributed by atoms with Gasteiger partial charge in [0.25, 0.3) is 0 Å². The molecule has 1 heterocycles. The smallest absolute Gasteiger partial charge is 0.436 e. The third kappa shape index (κ3) is 2.99. The van der Waals surface area contributed by atoms with Crippen LogP contribution in [0.2, 0.25) is 0 Å². The van der Waals surface area contributed by atoms with Gasteiger partial charge in [-0.15, -0.1) is 0 Å². The molecule has 0 saturated carbocycles. The highest BCUT2D eigenvalue weighted by Crippen LogP contribution is 2.29. The number of fused-ring (bicyclic) bond motifs is 2. The van der Waals surface area contributed by atoms with E-state index in [1.807, 2.05) is 42.5 Å². The third-order valence-corrected chi connectivity index (χ3v) is 3.90. The molecule has 130 valence electrons. The van der Waals surface area contributed by atoms with E-state index in [1.54, 1.807) is 5.32 Å². The Kier molecular flexibility index (Phi) is 3.64. The van der Waals surface area contributed by atoms with Crippen molar-refractivity contribution in [2.24, 2.45) is 0 Å². The van der Waals surface area contributed by atoms with Crippen LogP contribution in [0.5, 0.6) is 0 Å². The van der Waals surface area contributed by atoms with Gasteiger partial charge in [0.05, 0.1) is 0 Å². The molecule has 4 aromatic rings. The van der Waals surface area contributed by atoms with Gasteiger partial charge in [-0.1, -0.05) is 30.3 Å². The van der Waals surface area contributed by atoms with Crippen molar-refractivity contribution in [3.63, 3.8) is 0 Å². The number of anilines is 1. The van der Waals surface area contributed by atoms with Crippen LogP contribution in [0.4, 0.5) is 18.9 Å². The van der Waals surface area contributed by atoms with E-state index in [4.69, 9.17) is 4.42 Å². The van der Waals surface area contributed by atoms with Crippen LogP contribution < -0.4 is 5.32 Å². The van der Waals surface area contributed by atoms with Crippen molar-refractivity contribution < 1.29 is 22.4 Å². The minimum atomic E-state index is -4.95. The Morgan fingerprint density at radius 1 is 0.962 bits per heavy atom. The van der Waals surface area contributed by atoms with Crippen LogP contribution in [0.3, 0.4) is 0 Å². The average Bonchev–Trinajstić information content (AvgIpc) is 3.04. The van der Waals surface area contributed by atoms with Gasteiger partial charge in [0.1, 0.15) is 5.52 Å². The number of aromatic nitrogens is 1. The molecule has 1 N–H and O–H groups in total. The maximum absolute atomic E-state index is 12.4. The lowest BCUT2D eigenvalue weighted by molar-refractivity contribution is -0.167. The summed E-state index contributed by atoms with van der Waals surface area (Å²) < 4.78 is 42.7. The number of hydrogen-bond acceptors (Lipinski definition) is 3. The van der Waals surface area contributed by atoms with Gasteiger partial charge in [-0.2, -0.15) is 13.2 Å². The molecule has 0 bridgehead atoms. The summed E-state index contributed by atoms with van der Waals surface area (Å²) in [5.41, 5.74) is 1.51. The molecule has 0 aliphatic rings. The lowest BCUT2D eigenvalue weighted by Crippen LogP contribution is -2.29. The van der Waals surface area contributed by atoms with Crippen LogP contribution in [-0.2, 0) is 4.79 Å². The highest BCUT2D eigenvalue weighted by atomic mass is 19.4. The number of benzene rings is 3. The van der Waals surface area contributed by atoms with Crippen molar-refractivity contribution in [1.29, 1.82) is 0 Å². The summed E-state index contributed by atoms with van der Waals surface area (Å²) in [6, 6.07) is 17.7. The highest BCUT2D eigenvalue weighted by molar-refractivity contribution is 5.96. The number of nitrogens with one attached hydrogen (secondary N) is 1. The number of carbonyl (C=O) groups is 1. The second-order valence-corrected chi connectivity index (χ2v) is 5.72. The molecule has 0 atom stereocenters. The topological polar surface area (TPSA) is 55.1 Å². The van der Waals surface area contributed by atoms with Gasteiger partial charge >= 0.3 is 12.1 Å². The fourth-order valence-electron chi connectivity index (χ4n) is 2.65. The number of alkyl halides is 3. The normalized spacial score (nSPS) is 11.8. The number of halogens is 3. The van der Waals surface area contributed by atoms with Crippen LogP contribution in [0.25, 0.3) is 33.3 Å². The molecule has 0 unspecified atom stereocenters. The first-order chi connectivity index (χ1) is 12.4. The zero-order valence-corrected chi connectivity index (χ0v) is 13.2. The highest BCUT2D eigenvalue weighted by Gasteiger charge is 2.38. The van der Waals surface area contributed by atoms with Crippen LogP contribution in [-0.4, -0.2) is 17.1 Å². The fraction of sp³-hybridized carbons (Fsp3) is 0.0526. The number of rotatable bonds is 2. The van der Waals surface area contributed by atoms with Gasteiger partial charge in [0.15, 0.2) is 5.58 Å². The molecule has 26 heavy (non-hydrogen) atoms. The second kappa shape index (κ2) is 5.87. The Bertz CT molecular complexity index is 1130. The molecule has 4 nitrogen and oxygen atoms in total. The van der Waals surface area contributed by atoms with Gasteiger partial charge in [-0.3, -0.25) is 4.79 Å². The van der Waals surface area contributed by atoms with Crippen LogP contribution in [0, 0.1) is 0 Å². The predicted molar refractivity (Wildman–Crippen MR) is 91.6 cm³/mol. The number of amides is 1. The van der Waals surface area contributed by atoms with Crippen LogP contribution in [0.1, 0.15) is 0 Å². The van der Waals surface area contributed by atoms with Crippen molar-refractivity contribution >= 4 is 33.5 Å². The molecule has 3 aromatic carbocycles. The summed E-state index contributed by atoms with van der Waals surface area (Å²) in [6.45, 7) is 0. The fourth-order valence-corrected chi connectivity index (χ4v) is 2.65. The van der Waals surface area contributed by atoms with E-state index in [2.05, 4.69) is 4.98 Å². The van der Waals surface area contributed by atoms with E-state index in [9.17, 15) is 18.0 Å². The molecule has 1 amide bonds. The van der Waals surface area contributed by atoms with Crippen molar-refractivity contribution in [3.05, 3.63) is 60.7 Å². The minimum Gasteiger partial charge on any atom is -0.436 e. The monoisotopic (exact) mass is 356 g/mol. The molecule has 0 spiro atoms. The molecule has 7 heteroatoms. The predicted octanol–water partition coefficient (Wildman–Crippen LogP) is 5.15. The average molecular weight is 356 g/mol. The Labute approximate surface area is 145 Å². The van der Waals surface area contributed by atoms with Gasteiger partial charge in [0.2, 0.25) is 5.89 Å². The standard InChI is InChI=1S/C19H11F3N2O2/c20-19(21,22)18(25)23-14-7-8-15-16(10-14)26-17(24-15)13-6-5-11-3-1-2-4-12(11)9-13/h1-10H,(H,23,25). The van der Waals surface area contributed by atoms with Crippen molar-refractivity contribution in [3.8, 4) is 11.5 Å². The Balaban J connectivity index is 1.69. The molecular weight excluding hydrogens is 345 g/mol. The quantitative estimate of drug-likeness (QED) is 0.540. The number of carbonyl (C=O) groups excluding carboxylic acids is 1. The third-order valence-electron chi connectivity index (χ3n) is 3.90. The molecule has 4 rings (SSSR count). The van der Waals surface area contributed by atoms with Crippen molar-refractivity contribution in [2.45, 2.75) is 6.18 Å². The first kappa shape index (κ1) is 16.1. The number of nitrogens with zero attached hydrogens (tertiary/aromatic N) is 1. The summed E-state index contributed by atoms with van der Waals surface area (Å²) in [4.78, 5) is 15.4. The number of hydrogen-bond donors (Lipinski definition) is 1. The lowest BCUT2D eigenvalue weighted by Gasteiger charge is -2.07. The minimum absolute atomic E-state index is 0.0129. The zero-order chi connectivity index (χ0) is 18.3. The van der Waals surface area contributed by atoms with E-state index >= 15 is 0 Å². The number of oxazole rings is 1. The molecular formula is C19H11F3N2O2. The Morgan fingerprint density at radius 2 is 1.73 bits per heavy atom. The largest absolute Gasteiger partial charge is 0.471 e. The van der Waals surface area contributed by atoms with Crippen molar-refractivity contribution in [1.82, 2.24) is 4.98 Å². The van der Waals surface area contributed by atoms with Crippen LogP contribution >= 0.6 is 0 Å². The van der Waals surface area contributed by atoms with E-state index in [1.165, 1.54) is 18.2 Å². The van der Waals surface area contributed by atoms with Gasteiger partial charge in [-0.25, -0.2) is 4.98 Å². The van der Waals surface area contributed by atoms with Gasteiger partial charge in [0, 0.05) is 17.3 Å². The second-order valence-electron chi connectivity index (χ2n) is 5.72. The Morgan fingerprint density at radius 3 is 2.50 bits per heavy atom. The summed E-state index contributed by atoms with van der Waals surface area (Å²) in [7, 11) is 0. The van der Waals surface area contributed by atoms with E-state index < -0.39 is 12.1 Å². The molecule has 0 radical (unpaired) electrons.